The predicted molar refractivity (Wildman–Crippen MR) is 114 cm³/mol. The molecule has 0 saturated carbocycles. The number of benzene rings is 2. The number of hydrogen-bond donors (Lipinski definition) is 0. The molecule has 29 heavy (non-hydrogen) atoms. The van der Waals surface area contributed by atoms with Crippen molar-refractivity contribution in [3.63, 3.8) is 0 Å². The summed E-state index contributed by atoms with van der Waals surface area (Å²) in [7, 11) is 1.62. The second kappa shape index (κ2) is 9.08. The van der Waals surface area contributed by atoms with E-state index in [-0.39, 0.29) is 11.5 Å². The fourth-order valence-corrected chi connectivity index (χ4v) is 4.40. The van der Waals surface area contributed by atoms with Crippen LogP contribution < -0.4 is 4.90 Å². The molecule has 1 atom stereocenters. The van der Waals surface area contributed by atoms with Crippen molar-refractivity contribution in [2.24, 2.45) is 0 Å². The third-order valence-electron chi connectivity index (χ3n) is 6.09. The van der Waals surface area contributed by atoms with Gasteiger partial charge in [-0.25, -0.2) is 0 Å². The van der Waals surface area contributed by atoms with Crippen LogP contribution in [0, 0.1) is 0 Å². The first-order chi connectivity index (χ1) is 14.2. The van der Waals surface area contributed by atoms with Crippen molar-refractivity contribution in [1.82, 2.24) is 4.90 Å². The number of carbonyl (C=O) groups excluding carboxylic acids is 1. The molecule has 0 aromatic heterocycles. The Morgan fingerprint density at radius 3 is 2.34 bits per heavy atom. The Hall–Kier alpha value is -2.21. The summed E-state index contributed by atoms with van der Waals surface area (Å²) in [5, 5.41) is 0. The Kier molecular flexibility index (Phi) is 6.28. The lowest BCUT2D eigenvalue weighted by Crippen LogP contribution is -2.63. The van der Waals surface area contributed by atoms with Crippen LogP contribution in [-0.2, 0) is 20.7 Å². The molecule has 0 aliphatic carbocycles. The van der Waals surface area contributed by atoms with Crippen molar-refractivity contribution >= 4 is 11.6 Å². The maximum absolute atomic E-state index is 13.0. The van der Waals surface area contributed by atoms with Crippen molar-refractivity contribution in [2.75, 3.05) is 44.8 Å². The lowest BCUT2D eigenvalue weighted by molar-refractivity contribution is -0.172. The first kappa shape index (κ1) is 20.1. The minimum absolute atomic E-state index is 0.00446. The second-order valence-corrected chi connectivity index (χ2v) is 8.08. The van der Waals surface area contributed by atoms with Gasteiger partial charge in [0.15, 0.2) is 6.10 Å². The van der Waals surface area contributed by atoms with Crippen molar-refractivity contribution in [1.29, 1.82) is 0 Å². The average molecular weight is 395 g/mol. The van der Waals surface area contributed by atoms with E-state index in [1.165, 1.54) is 5.56 Å². The van der Waals surface area contributed by atoms with Crippen LogP contribution in [0.4, 0.5) is 5.69 Å². The maximum atomic E-state index is 13.0. The van der Waals surface area contributed by atoms with Crippen molar-refractivity contribution in [2.45, 2.75) is 31.0 Å². The van der Waals surface area contributed by atoms with Crippen LogP contribution in [0.1, 0.15) is 18.4 Å². The molecule has 0 N–H and O–H groups in total. The van der Waals surface area contributed by atoms with Crippen LogP contribution in [0.5, 0.6) is 0 Å². The molecule has 2 fully saturated rings. The van der Waals surface area contributed by atoms with Gasteiger partial charge in [0, 0.05) is 32.4 Å². The average Bonchev–Trinajstić information content (AvgIpc) is 2.77. The zero-order valence-corrected chi connectivity index (χ0v) is 17.1. The van der Waals surface area contributed by atoms with Gasteiger partial charge >= 0.3 is 0 Å². The predicted octanol–water partition coefficient (Wildman–Crippen LogP) is 3.14. The summed E-state index contributed by atoms with van der Waals surface area (Å²) in [6, 6.07) is 20.6. The molecule has 0 radical (unpaired) electrons. The van der Waals surface area contributed by atoms with Crippen LogP contribution in [0.15, 0.2) is 60.7 Å². The highest BCUT2D eigenvalue weighted by molar-refractivity contribution is 5.97. The van der Waals surface area contributed by atoms with Gasteiger partial charge in [0.25, 0.3) is 5.91 Å². The molecular weight excluding hydrogens is 364 g/mol. The van der Waals surface area contributed by atoms with Crippen LogP contribution in [0.3, 0.4) is 0 Å². The molecule has 2 aliphatic rings. The van der Waals surface area contributed by atoms with Gasteiger partial charge in [0.1, 0.15) is 0 Å². The monoisotopic (exact) mass is 394 g/mol. The summed E-state index contributed by atoms with van der Waals surface area (Å²) in [6.07, 6.45) is 2.39. The van der Waals surface area contributed by atoms with Crippen LogP contribution in [0.2, 0.25) is 0 Å². The zero-order chi connectivity index (χ0) is 20.1. The van der Waals surface area contributed by atoms with E-state index in [1.54, 1.807) is 7.11 Å². The molecule has 2 aromatic rings. The van der Waals surface area contributed by atoms with E-state index in [1.807, 2.05) is 35.2 Å². The Morgan fingerprint density at radius 2 is 1.69 bits per heavy atom. The number of ether oxygens (including phenoxy) is 2. The molecule has 2 aromatic carbocycles. The minimum Gasteiger partial charge on any atom is -0.381 e. The summed E-state index contributed by atoms with van der Waals surface area (Å²) < 4.78 is 11.7. The largest absolute Gasteiger partial charge is 0.381 e. The van der Waals surface area contributed by atoms with Gasteiger partial charge in [0.2, 0.25) is 0 Å². The van der Waals surface area contributed by atoms with Crippen LogP contribution in [-0.4, -0.2) is 62.4 Å². The molecule has 2 aliphatic heterocycles. The van der Waals surface area contributed by atoms with Gasteiger partial charge in [-0.15, -0.1) is 0 Å². The molecule has 0 bridgehead atoms. The minimum atomic E-state index is -0.537. The van der Waals surface area contributed by atoms with E-state index in [4.69, 9.17) is 9.47 Å². The van der Waals surface area contributed by atoms with E-state index in [9.17, 15) is 4.79 Å². The van der Waals surface area contributed by atoms with E-state index < -0.39 is 6.10 Å². The summed E-state index contributed by atoms with van der Waals surface area (Å²) >= 11 is 0. The number of methoxy groups -OCH3 is 1. The van der Waals surface area contributed by atoms with Crippen molar-refractivity contribution in [3.05, 3.63) is 66.2 Å². The highest BCUT2D eigenvalue weighted by atomic mass is 16.6. The standard InChI is InChI=1S/C24H30N2O3/c1-28-18-22-23(27)26(21-10-6-3-7-11-21)19-24(29-22)13-16-25(17-14-24)15-12-20-8-4-2-5-9-20/h2-11,22H,12-19H2,1H3. The summed E-state index contributed by atoms with van der Waals surface area (Å²) in [5.41, 5.74) is 2.02. The number of nitrogens with zero attached hydrogens (tertiary/aromatic N) is 2. The lowest BCUT2D eigenvalue weighted by Gasteiger charge is -2.49. The number of likely N-dealkylation sites (tertiary alicyclic amines) is 1. The van der Waals surface area contributed by atoms with E-state index >= 15 is 0 Å². The van der Waals surface area contributed by atoms with Gasteiger partial charge in [-0.1, -0.05) is 48.5 Å². The number of anilines is 1. The SMILES string of the molecule is COCC1OC2(CCN(CCc3ccccc3)CC2)CN(c2ccccc2)C1=O. The summed E-state index contributed by atoms with van der Waals surface area (Å²) in [5.74, 6) is -0.00446. The third kappa shape index (κ3) is 4.69. The van der Waals surface area contributed by atoms with E-state index in [2.05, 4.69) is 35.2 Å². The molecule has 4 rings (SSSR count). The number of rotatable bonds is 6. The Balaban J connectivity index is 1.42. The maximum Gasteiger partial charge on any atom is 0.258 e. The molecule has 1 spiro atoms. The van der Waals surface area contributed by atoms with Gasteiger partial charge in [0.05, 0.1) is 18.8 Å². The van der Waals surface area contributed by atoms with Crippen molar-refractivity contribution < 1.29 is 14.3 Å². The first-order valence-electron chi connectivity index (χ1n) is 10.5. The zero-order valence-electron chi connectivity index (χ0n) is 17.1. The molecule has 1 unspecified atom stereocenters. The molecule has 2 heterocycles. The molecule has 1 amide bonds. The van der Waals surface area contributed by atoms with Gasteiger partial charge in [-0.05, 0) is 37.0 Å². The van der Waals surface area contributed by atoms with E-state index in [0.717, 1.165) is 44.6 Å². The number of amides is 1. The molecule has 154 valence electrons. The Bertz CT molecular complexity index is 788. The number of para-hydroxylation sites is 1. The fraction of sp³-hybridized carbons (Fsp3) is 0.458. The molecule has 2 saturated heterocycles. The normalized spacial score (nSPS) is 22.2. The van der Waals surface area contributed by atoms with Gasteiger partial charge < -0.3 is 19.3 Å². The summed E-state index contributed by atoms with van der Waals surface area (Å²) in [4.78, 5) is 17.4. The first-order valence-corrected chi connectivity index (χ1v) is 10.5. The number of piperidine rings is 1. The molecule has 5 nitrogen and oxygen atoms in total. The molecule has 5 heteroatoms. The number of morpholine rings is 1. The highest BCUT2D eigenvalue weighted by Crippen LogP contribution is 2.35. The Labute approximate surface area is 173 Å². The van der Waals surface area contributed by atoms with Crippen LogP contribution >= 0.6 is 0 Å². The highest BCUT2D eigenvalue weighted by Gasteiger charge is 2.47. The number of carbonyl (C=O) groups is 1. The molecular formula is C24H30N2O3. The van der Waals surface area contributed by atoms with Crippen molar-refractivity contribution in [3.8, 4) is 0 Å². The van der Waals surface area contributed by atoms with Crippen LogP contribution in [0.25, 0.3) is 0 Å². The lowest BCUT2D eigenvalue weighted by atomic mass is 9.88. The van der Waals surface area contributed by atoms with E-state index in [0.29, 0.717) is 13.2 Å². The fourth-order valence-electron chi connectivity index (χ4n) is 4.40. The Morgan fingerprint density at radius 1 is 1.03 bits per heavy atom. The quantitative estimate of drug-likeness (QED) is 0.755. The van der Waals surface area contributed by atoms with Gasteiger partial charge in [-0.2, -0.15) is 0 Å². The van der Waals surface area contributed by atoms with Gasteiger partial charge in [-0.3, -0.25) is 4.79 Å². The summed E-state index contributed by atoms with van der Waals surface area (Å²) in [6.45, 7) is 3.94. The smallest absolute Gasteiger partial charge is 0.258 e. The topological polar surface area (TPSA) is 42.0 Å². The third-order valence-corrected chi connectivity index (χ3v) is 6.09. The number of hydrogen-bond acceptors (Lipinski definition) is 4. The second-order valence-electron chi connectivity index (χ2n) is 8.08.